The van der Waals surface area contributed by atoms with E-state index in [1.165, 1.54) is 5.56 Å². The molecule has 17 heavy (non-hydrogen) atoms. The van der Waals surface area contributed by atoms with Crippen molar-refractivity contribution in [1.29, 1.82) is 0 Å². The quantitative estimate of drug-likeness (QED) is 0.901. The highest BCUT2D eigenvalue weighted by Gasteiger charge is 2.11. The maximum atomic E-state index is 5.86. The lowest BCUT2D eigenvalue weighted by Crippen LogP contribution is -2.16. The van der Waals surface area contributed by atoms with Crippen molar-refractivity contribution in [2.24, 2.45) is 5.73 Å². The van der Waals surface area contributed by atoms with E-state index in [2.05, 4.69) is 4.98 Å². The standard InChI is InChI=1S/C14H15ClN2/c15-13-6-4-11(5-7-13)9-12(10-16)14-3-1-2-8-17-14/h1-8,12H,9-10,16H2. The summed E-state index contributed by atoms with van der Waals surface area (Å²) < 4.78 is 0. The zero-order valence-electron chi connectivity index (χ0n) is 9.51. The topological polar surface area (TPSA) is 38.9 Å². The smallest absolute Gasteiger partial charge is 0.0450 e. The minimum atomic E-state index is 0.261. The summed E-state index contributed by atoms with van der Waals surface area (Å²) in [5.41, 5.74) is 8.09. The van der Waals surface area contributed by atoms with Crippen LogP contribution in [0.1, 0.15) is 17.2 Å². The van der Waals surface area contributed by atoms with Gasteiger partial charge in [-0.1, -0.05) is 29.8 Å². The van der Waals surface area contributed by atoms with Crippen LogP contribution >= 0.6 is 11.6 Å². The maximum Gasteiger partial charge on any atom is 0.0450 e. The Labute approximate surface area is 106 Å². The van der Waals surface area contributed by atoms with E-state index in [1.807, 2.05) is 42.5 Å². The number of pyridine rings is 1. The van der Waals surface area contributed by atoms with Gasteiger partial charge in [0.1, 0.15) is 0 Å². The summed E-state index contributed by atoms with van der Waals surface area (Å²) in [7, 11) is 0. The van der Waals surface area contributed by atoms with Crippen LogP contribution in [0.2, 0.25) is 5.02 Å². The van der Waals surface area contributed by atoms with Crippen LogP contribution in [0.15, 0.2) is 48.7 Å². The Hall–Kier alpha value is -1.38. The van der Waals surface area contributed by atoms with Crippen LogP contribution in [-0.4, -0.2) is 11.5 Å². The normalized spacial score (nSPS) is 12.4. The Morgan fingerprint density at radius 3 is 2.47 bits per heavy atom. The number of nitrogens with zero attached hydrogens (tertiary/aromatic N) is 1. The highest BCUT2D eigenvalue weighted by molar-refractivity contribution is 6.30. The first-order valence-corrected chi connectivity index (χ1v) is 6.03. The van der Waals surface area contributed by atoms with Crippen LogP contribution in [0.25, 0.3) is 0 Å². The minimum absolute atomic E-state index is 0.261. The molecule has 0 aliphatic heterocycles. The van der Waals surface area contributed by atoms with E-state index in [0.29, 0.717) is 6.54 Å². The van der Waals surface area contributed by atoms with E-state index in [1.54, 1.807) is 6.20 Å². The molecule has 3 heteroatoms. The number of aromatic nitrogens is 1. The van der Waals surface area contributed by atoms with Crippen LogP contribution in [0.3, 0.4) is 0 Å². The molecule has 1 aromatic heterocycles. The molecule has 2 N–H and O–H groups in total. The lowest BCUT2D eigenvalue weighted by molar-refractivity contribution is 0.672. The fourth-order valence-electron chi connectivity index (χ4n) is 1.83. The average molecular weight is 247 g/mol. The van der Waals surface area contributed by atoms with Crippen molar-refractivity contribution < 1.29 is 0 Å². The molecule has 2 aromatic rings. The Balaban J connectivity index is 2.13. The van der Waals surface area contributed by atoms with Crippen LogP contribution in [0.4, 0.5) is 0 Å². The van der Waals surface area contributed by atoms with E-state index >= 15 is 0 Å². The molecule has 1 aromatic carbocycles. The number of benzene rings is 1. The molecule has 0 fully saturated rings. The number of nitrogens with two attached hydrogens (primary N) is 1. The fourth-order valence-corrected chi connectivity index (χ4v) is 1.96. The molecule has 0 aliphatic carbocycles. The predicted octanol–water partition coefficient (Wildman–Crippen LogP) is 3.02. The highest BCUT2D eigenvalue weighted by Crippen LogP contribution is 2.19. The second-order valence-electron chi connectivity index (χ2n) is 4.02. The van der Waals surface area contributed by atoms with Crippen molar-refractivity contribution in [1.82, 2.24) is 4.98 Å². The number of hydrogen-bond donors (Lipinski definition) is 1. The molecule has 0 spiro atoms. The summed E-state index contributed by atoms with van der Waals surface area (Å²) in [6, 6.07) is 13.8. The van der Waals surface area contributed by atoms with Crippen molar-refractivity contribution in [3.8, 4) is 0 Å². The lowest BCUT2D eigenvalue weighted by atomic mass is 9.96. The summed E-state index contributed by atoms with van der Waals surface area (Å²) >= 11 is 5.86. The van der Waals surface area contributed by atoms with Crippen LogP contribution in [0, 0.1) is 0 Å². The summed E-state index contributed by atoms with van der Waals surface area (Å²) in [5, 5.41) is 0.760. The van der Waals surface area contributed by atoms with Gasteiger partial charge in [0, 0.05) is 29.4 Å². The van der Waals surface area contributed by atoms with Gasteiger partial charge in [-0.2, -0.15) is 0 Å². The van der Waals surface area contributed by atoms with Crippen LogP contribution in [-0.2, 0) is 6.42 Å². The van der Waals surface area contributed by atoms with Crippen molar-refractivity contribution in [3.05, 3.63) is 64.9 Å². The Kier molecular flexibility index (Phi) is 4.13. The summed E-state index contributed by atoms with van der Waals surface area (Å²) in [6.07, 6.45) is 2.70. The third-order valence-corrected chi connectivity index (χ3v) is 3.04. The van der Waals surface area contributed by atoms with E-state index in [9.17, 15) is 0 Å². The predicted molar refractivity (Wildman–Crippen MR) is 71.2 cm³/mol. The van der Waals surface area contributed by atoms with Crippen LogP contribution in [0.5, 0.6) is 0 Å². The zero-order chi connectivity index (χ0) is 12.1. The fraction of sp³-hybridized carbons (Fsp3) is 0.214. The number of rotatable bonds is 4. The van der Waals surface area contributed by atoms with Gasteiger partial charge in [-0.15, -0.1) is 0 Å². The SMILES string of the molecule is NCC(Cc1ccc(Cl)cc1)c1ccccn1. The van der Waals surface area contributed by atoms with Crippen molar-refractivity contribution in [2.45, 2.75) is 12.3 Å². The monoisotopic (exact) mass is 246 g/mol. The van der Waals surface area contributed by atoms with Gasteiger partial charge < -0.3 is 5.73 Å². The second kappa shape index (κ2) is 5.80. The third kappa shape index (κ3) is 3.29. The van der Waals surface area contributed by atoms with Gasteiger partial charge in [0.05, 0.1) is 0 Å². The van der Waals surface area contributed by atoms with Crippen molar-refractivity contribution in [2.75, 3.05) is 6.54 Å². The Morgan fingerprint density at radius 2 is 1.88 bits per heavy atom. The molecule has 1 unspecified atom stereocenters. The molecule has 2 rings (SSSR count). The van der Waals surface area contributed by atoms with Gasteiger partial charge in [0.15, 0.2) is 0 Å². The van der Waals surface area contributed by atoms with Gasteiger partial charge in [0.2, 0.25) is 0 Å². The van der Waals surface area contributed by atoms with Gasteiger partial charge >= 0.3 is 0 Å². The molecule has 0 saturated heterocycles. The molecule has 0 aliphatic rings. The molecule has 2 nitrogen and oxygen atoms in total. The van der Waals surface area contributed by atoms with Crippen LogP contribution < -0.4 is 5.73 Å². The maximum absolute atomic E-state index is 5.86. The number of hydrogen-bond acceptors (Lipinski definition) is 2. The van der Waals surface area contributed by atoms with Gasteiger partial charge in [-0.3, -0.25) is 4.98 Å². The molecule has 0 radical (unpaired) electrons. The third-order valence-electron chi connectivity index (χ3n) is 2.79. The van der Waals surface area contributed by atoms with E-state index in [0.717, 1.165) is 17.1 Å². The van der Waals surface area contributed by atoms with E-state index in [4.69, 9.17) is 17.3 Å². The zero-order valence-corrected chi connectivity index (χ0v) is 10.3. The molecule has 0 saturated carbocycles. The summed E-state index contributed by atoms with van der Waals surface area (Å²) in [6.45, 7) is 0.597. The van der Waals surface area contributed by atoms with E-state index < -0.39 is 0 Å². The largest absolute Gasteiger partial charge is 0.330 e. The molecular weight excluding hydrogens is 232 g/mol. The molecule has 88 valence electrons. The minimum Gasteiger partial charge on any atom is -0.330 e. The first-order chi connectivity index (χ1) is 8.29. The first kappa shape index (κ1) is 12.1. The molecule has 0 amide bonds. The summed E-state index contributed by atoms with van der Waals surface area (Å²) in [4.78, 5) is 4.36. The lowest BCUT2D eigenvalue weighted by Gasteiger charge is -2.14. The molecular formula is C14H15ClN2. The average Bonchev–Trinajstić information content (AvgIpc) is 2.39. The van der Waals surface area contributed by atoms with Gasteiger partial charge in [-0.25, -0.2) is 0 Å². The summed E-state index contributed by atoms with van der Waals surface area (Å²) in [5.74, 6) is 0.261. The Bertz CT molecular complexity index is 453. The number of halogens is 1. The van der Waals surface area contributed by atoms with Crippen molar-refractivity contribution >= 4 is 11.6 Å². The Morgan fingerprint density at radius 1 is 1.12 bits per heavy atom. The molecule has 1 heterocycles. The second-order valence-corrected chi connectivity index (χ2v) is 4.45. The molecule has 1 atom stereocenters. The highest BCUT2D eigenvalue weighted by atomic mass is 35.5. The van der Waals surface area contributed by atoms with Gasteiger partial charge in [-0.05, 0) is 36.2 Å². The molecule has 0 bridgehead atoms. The van der Waals surface area contributed by atoms with E-state index in [-0.39, 0.29) is 5.92 Å². The van der Waals surface area contributed by atoms with Gasteiger partial charge in [0.25, 0.3) is 0 Å². The van der Waals surface area contributed by atoms with Crippen molar-refractivity contribution in [3.63, 3.8) is 0 Å². The first-order valence-electron chi connectivity index (χ1n) is 5.65.